The van der Waals surface area contributed by atoms with E-state index in [-0.39, 0.29) is 11.1 Å². The SMILES string of the molecule is C=C/C=C\C=C(/C)c1ccc(/C=C2\SC(=O)NC2=O)o1.CC. The zero-order valence-electron chi connectivity index (χ0n) is 12.9. The fourth-order valence-electron chi connectivity index (χ4n) is 1.55. The van der Waals surface area contributed by atoms with E-state index in [1.54, 1.807) is 18.2 Å². The van der Waals surface area contributed by atoms with Crippen LogP contribution in [0.4, 0.5) is 4.79 Å². The van der Waals surface area contributed by atoms with Crippen LogP contribution in [0.15, 0.2) is 52.3 Å². The summed E-state index contributed by atoms with van der Waals surface area (Å²) >= 11 is 0.868. The maximum atomic E-state index is 11.4. The molecule has 0 bridgehead atoms. The third-order valence-electron chi connectivity index (χ3n) is 2.52. The highest BCUT2D eigenvalue weighted by molar-refractivity contribution is 8.18. The number of rotatable bonds is 4. The highest BCUT2D eigenvalue weighted by Gasteiger charge is 2.25. The molecule has 0 aromatic carbocycles. The lowest BCUT2D eigenvalue weighted by Crippen LogP contribution is -2.17. The van der Waals surface area contributed by atoms with E-state index in [1.807, 2.05) is 45.1 Å². The second kappa shape index (κ2) is 8.89. The van der Waals surface area contributed by atoms with Crippen molar-refractivity contribution in [3.05, 3.63) is 59.4 Å². The molecule has 0 saturated carbocycles. The van der Waals surface area contributed by atoms with Crippen LogP contribution in [-0.4, -0.2) is 11.1 Å². The van der Waals surface area contributed by atoms with Crippen LogP contribution < -0.4 is 5.32 Å². The van der Waals surface area contributed by atoms with Crippen molar-refractivity contribution >= 4 is 34.6 Å². The van der Waals surface area contributed by atoms with Gasteiger partial charge in [-0.3, -0.25) is 14.9 Å². The molecule has 0 spiro atoms. The minimum atomic E-state index is -0.390. The Morgan fingerprint density at radius 2 is 2.00 bits per heavy atom. The van der Waals surface area contributed by atoms with Crippen molar-refractivity contribution in [1.29, 1.82) is 0 Å². The van der Waals surface area contributed by atoms with Crippen LogP contribution >= 0.6 is 11.8 Å². The third-order valence-corrected chi connectivity index (χ3v) is 3.33. The zero-order valence-corrected chi connectivity index (χ0v) is 13.7. The van der Waals surface area contributed by atoms with E-state index in [0.717, 1.165) is 17.3 Å². The molecule has 0 atom stereocenters. The first kappa shape index (κ1) is 17.8. The Morgan fingerprint density at radius 1 is 1.27 bits per heavy atom. The van der Waals surface area contributed by atoms with Gasteiger partial charge in [0.1, 0.15) is 11.5 Å². The Labute approximate surface area is 134 Å². The fourth-order valence-corrected chi connectivity index (χ4v) is 2.22. The fraction of sp³-hybridized carbons (Fsp3) is 0.176. The monoisotopic (exact) mass is 317 g/mol. The Bertz CT molecular complexity index is 651. The van der Waals surface area contributed by atoms with E-state index < -0.39 is 0 Å². The van der Waals surface area contributed by atoms with Crippen molar-refractivity contribution in [2.24, 2.45) is 0 Å². The smallest absolute Gasteiger partial charge is 0.290 e. The maximum Gasteiger partial charge on any atom is 0.290 e. The molecular formula is C17H19NO3S. The summed E-state index contributed by atoms with van der Waals surface area (Å²) in [7, 11) is 0. The van der Waals surface area contributed by atoms with Gasteiger partial charge >= 0.3 is 0 Å². The summed E-state index contributed by atoms with van der Waals surface area (Å²) in [4.78, 5) is 22.8. The summed E-state index contributed by atoms with van der Waals surface area (Å²) in [5.41, 5.74) is 0.951. The van der Waals surface area contributed by atoms with Gasteiger partial charge in [-0.05, 0) is 36.4 Å². The van der Waals surface area contributed by atoms with Gasteiger partial charge < -0.3 is 4.42 Å². The van der Waals surface area contributed by atoms with Crippen LogP contribution in [0, 0.1) is 0 Å². The largest absolute Gasteiger partial charge is 0.457 e. The van der Waals surface area contributed by atoms with E-state index in [2.05, 4.69) is 11.9 Å². The van der Waals surface area contributed by atoms with Gasteiger partial charge in [-0.15, -0.1) is 0 Å². The second-order valence-electron chi connectivity index (χ2n) is 4.02. The summed E-state index contributed by atoms with van der Waals surface area (Å²) < 4.78 is 5.61. The first-order valence-corrected chi connectivity index (χ1v) is 7.73. The lowest BCUT2D eigenvalue weighted by Gasteiger charge is -1.94. The molecule has 0 aliphatic carbocycles. The second-order valence-corrected chi connectivity index (χ2v) is 5.04. The molecule has 2 heterocycles. The van der Waals surface area contributed by atoms with Crippen molar-refractivity contribution in [2.75, 3.05) is 0 Å². The topological polar surface area (TPSA) is 59.3 Å². The van der Waals surface area contributed by atoms with Crippen LogP contribution in [0.5, 0.6) is 0 Å². The van der Waals surface area contributed by atoms with Crippen molar-refractivity contribution in [3.63, 3.8) is 0 Å². The van der Waals surface area contributed by atoms with Gasteiger partial charge in [-0.2, -0.15) is 0 Å². The molecule has 1 aliphatic heterocycles. The zero-order chi connectivity index (χ0) is 16.5. The molecular weight excluding hydrogens is 298 g/mol. The molecule has 2 rings (SSSR count). The van der Waals surface area contributed by atoms with Crippen LogP contribution in [0.3, 0.4) is 0 Å². The summed E-state index contributed by atoms with van der Waals surface area (Å²) in [6, 6.07) is 3.58. The molecule has 1 N–H and O–H groups in total. The highest BCUT2D eigenvalue weighted by atomic mass is 32.2. The van der Waals surface area contributed by atoms with Crippen molar-refractivity contribution in [2.45, 2.75) is 20.8 Å². The van der Waals surface area contributed by atoms with E-state index in [4.69, 9.17) is 4.42 Å². The molecule has 0 radical (unpaired) electrons. The molecule has 5 heteroatoms. The first-order chi connectivity index (χ1) is 10.6. The van der Waals surface area contributed by atoms with Crippen LogP contribution in [0.25, 0.3) is 11.6 Å². The minimum absolute atomic E-state index is 0.337. The summed E-state index contributed by atoms with van der Waals surface area (Å²) in [6.07, 6.45) is 8.83. The van der Waals surface area contributed by atoms with Gasteiger partial charge in [0.05, 0.1) is 4.91 Å². The number of amides is 2. The Morgan fingerprint density at radius 3 is 2.59 bits per heavy atom. The standard InChI is InChI=1S/C15H13NO3S.C2H6/c1-3-4-5-6-10(2)12-8-7-11(19-12)9-13-14(17)16-15(18)20-13;1-2/h3-9H,1H2,2H3,(H,16,17,18);1-2H3/b5-4-,10-6+,13-9-;. The molecule has 1 aromatic heterocycles. The van der Waals surface area contributed by atoms with Crippen molar-refractivity contribution in [3.8, 4) is 0 Å². The van der Waals surface area contributed by atoms with E-state index in [9.17, 15) is 9.59 Å². The molecule has 2 amide bonds. The maximum absolute atomic E-state index is 11.4. The van der Waals surface area contributed by atoms with Crippen molar-refractivity contribution in [1.82, 2.24) is 5.32 Å². The molecule has 1 saturated heterocycles. The van der Waals surface area contributed by atoms with E-state index in [0.29, 0.717) is 16.4 Å². The predicted octanol–water partition coefficient (Wildman–Crippen LogP) is 4.78. The molecule has 116 valence electrons. The number of allylic oxidation sites excluding steroid dienone is 5. The molecule has 1 aromatic rings. The summed E-state index contributed by atoms with van der Waals surface area (Å²) in [6.45, 7) is 9.51. The Balaban J connectivity index is 0.00000116. The summed E-state index contributed by atoms with van der Waals surface area (Å²) in [5.74, 6) is 0.854. The number of hydrogen-bond acceptors (Lipinski definition) is 4. The number of thioether (sulfide) groups is 1. The normalized spacial score (nSPS) is 16.7. The van der Waals surface area contributed by atoms with Crippen LogP contribution in [0.1, 0.15) is 32.3 Å². The first-order valence-electron chi connectivity index (χ1n) is 6.91. The molecule has 1 fully saturated rings. The Kier molecular flexibility index (Phi) is 7.19. The number of furan rings is 1. The van der Waals surface area contributed by atoms with Gasteiger partial charge in [0.25, 0.3) is 11.1 Å². The van der Waals surface area contributed by atoms with E-state index in [1.165, 1.54) is 0 Å². The molecule has 22 heavy (non-hydrogen) atoms. The quantitative estimate of drug-likeness (QED) is 0.641. The average Bonchev–Trinajstić information content (AvgIpc) is 3.09. The average molecular weight is 317 g/mol. The van der Waals surface area contributed by atoms with Crippen molar-refractivity contribution < 1.29 is 14.0 Å². The van der Waals surface area contributed by atoms with Gasteiger partial charge in [-0.25, -0.2) is 0 Å². The predicted molar refractivity (Wildman–Crippen MR) is 92.2 cm³/mol. The number of carbonyl (C=O) groups is 2. The van der Waals surface area contributed by atoms with Crippen LogP contribution in [-0.2, 0) is 4.79 Å². The Hall–Kier alpha value is -2.27. The third kappa shape index (κ3) is 4.93. The number of nitrogens with one attached hydrogen (secondary N) is 1. The van der Waals surface area contributed by atoms with E-state index >= 15 is 0 Å². The van der Waals surface area contributed by atoms with Crippen LogP contribution in [0.2, 0.25) is 0 Å². The lowest BCUT2D eigenvalue weighted by molar-refractivity contribution is -0.115. The molecule has 0 unspecified atom stereocenters. The molecule has 4 nitrogen and oxygen atoms in total. The van der Waals surface area contributed by atoms with Gasteiger partial charge in [-0.1, -0.05) is 44.7 Å². The molecule has 1 aliphatic rings. The summed E-state index contributed by atoms with van der Waals surface area (Å²) in [5, 5.41) is 1.83. The van der Waals surface area contributed by atoms with Gasteiger partial charge in [0, 0.05) is 6.08 Å². The number of imide groups is 1. The highest BCUT2D eigenvalue weighted by Crippen LogP contribution is 2.27. The van der Waals surface area contributed by atoms with Gasteiger partial charge in [0.2, 0.25) is 0 Å². The lowest BCUT2D eigenvalue weighted by atomic mass is 10.2. The van der Waals surface area contributed by atoms with Gasteiger partial charge in [0.15, 0.2) is 0 Å². The minimum Gasteiger partial charge on any atom is -0.457 e. The number of carbonyl (C=O) groups excluding carboxylic acids is 2. The number of hydrogen-bond donors (Lipinski definition) is 1.